The van der Waals surface area contributed by atoms with Gasteiger partial charge in [-0.3, -0.25) is 0 Å². The van der Waals surface area contributed by atoms with E-state index in [0.29, 0.717) is 27.9 Å². The van der Waals surface area contributed by atoms with Gasteiger partial charge >= 0.3 is 5.97 Å². The van der Waals surface area contributed by atoms with Crippen LogP contribution in [-0.4, -0.2) is 16.2 Å². The van der Waals surface area contributed by atoms with Crippen LogP contribution < -0.4 is 5.32 Å². The van der Waals surface area contributed by atoms with Crippen LogP contribution in [0, 0.1) is 11.3 Å². The molecule has 0 saturated carbocycles. The molecular formula is C18H13N3O2S2. The Morgan fingerprint density at radius 3 is 2.92 bits per heavy atom. The summed E-state index contributed by atoms with van der Waals surface area (Å²) in [7, 11) is 0. The SMILES string of the molecule is C=C1NC(SCc2cccc(C(=O)O)c2)=NC(c2cccs2)=C1C#N. The highest BCUT2D eigenvalue weighted by Crippen LogP contribution is 2.31. The van der Waals surface area contributed by atoms with Crippen LogP contribution in [0.4, 0.5) is 0 Å². The predicted octanol–water partition coefficient (Wildman–Crippen LogP) is 4.09. The summed E-state index contributed by atoms with van der Waals surface area (Å²) in [6, 6.07) is 12.8. The number of aromatic carboxylic acids is 1. The molecule has 0 spiro atoms. The summed E-state index contributed by atoms with van der Waals surface area (Å²) in [6.45, 7) is 3.91. The third-order valence-electron chi connectivity index (χ3n) is 3.43. The highest BCUT2D eigenvalue weighted by atomic mass is 32.2. The zero-order valence-electron chi connectivity index (χ0n) is 13.0. The number of allylic oxidation sites excluding steroid dienone is 1. The molecule has 2 heterocycles. The number of carboxylic acid groups (broad SMARTS) is 1. The van der Waals surface area contributed by atoms with Crippen molar-refractivity contribution in [3.8, 4) is 6.07 Å². The first-order valence-corrected chi connectivity index (χ1v) is 9.13. The molecule has 1 aromatic carbocycles. The summed E-state index contributed by atoms with van der Waals surface area (Å²) < 4.78 is 0. The van der Waals surface area contributed by atoms with Crippen molar-refractivity contribution < 1.29 is 9.90 Å². The van der Waals surface area contributed by atoms with Gasteiger partial charge in [0, 0.05) is 5.75 Å². The van der Waals surface area contributed by atoms with Gasteiger partial charge in [0.25, 0.3) is 0 Å². The second kappa shape index (κ2) is 7.38. The van der Waals surface area contributed by atoms with Crippen molar-refractivity contribution in [1.29, 1.82) is 5.26 Å². The number of thioether (sulfide) groups is 1. The molecule has 2 N–H and O–H groups in total. The summed E-state index contributed by atoms with van der Waals surface area (Å²) in [4.78, 5) is 16.5. The number of hydrogen-bond acceptors (Lipinski definition) is 6. The molecular weight excluding hydrogens is 354 g/mol. The number of benzene rings is 1. The maximum Gasteiger partial charge on any atom is 0.335 e. The van der Waals surface area contributed by atoms with Crippen molar-refractivity contribution in [2.45, 2.75) is 5.75 Å². The number of nitrogens with zero attached hydrogens (tertiary/aromatic N) is 2. The predicted molar refractivity (Wildman–Crippen MR) is 101 cm³/mol. The average Bonchev–Trinajstić information content (AvgIpc) is 3.14. The van der Waals surface area contributed by atoms with Gasteiger partial charge in [-0.05, 0) is 29.1 Å². The van der Waals surface area contributed by atoms with E-state index >= 15 is 0 Å². The Hall–Kier alpha value is -2.82. The van der Waals surface area contributed by atoms with Crippen LogP contribution in [0.15, 0.2) is 64.6 Å². The molecule has 5 nitrogen and oxygen atoms in total. The zero-order valence-corrected chi connectivity index (χ0v) is 14.7. The van der Waals surface area contributed by atoms with Crippen LogP contribution in [0.3, 0.4) is 0 Å². The third kappa shape index (κ3) is 3.82. The van der Waals surface area contributed by atoms with E-state index in [1.165, 1.54) is 23.1 Å². The number of amidine groups is 1. The Morgan fingerprint density at radius 1 is 1.40 bits per heavy atom. The van der Waals surface area contributed by atoms with E-state index in [1.54, 1.807) is 18.2 Å². The Kier molecular flexibility index (Phi) is 5.03. The number of rotatable bonds is 4. The van der Waals surface area contributed by atoms with E-state index in [0.717, 1.165) is 10.4 Å². The van der Waals surface area contributed by atoms with Gasteiger partial charge in [-0.25, -0.2) is 9.79 Å². The lowest BCUT2D eigenvalue weighted by Crippen LogP contribution is -2.24. The van der Waals surface area contributed by atoms with Crippen LogP contribution in [0.1, 0.15) is 20.8 Å². The number of carbonyl (C=O) groups is 1. The summed E-state index contributed by atoms with van der Waals surface area (Å²) in [6.07, 6.45) is 0. The molecule has 2 aromatic rings. The number of carboxylic acids is 1. The number of aliphatic imine (C=N–C) groups is 1. The molecule has 124 valence electrons. The Labute approximate surface area is 153 Å². The summed E-state index contributed by atoms with van der Waals surface area (Å²) in [5, 5.41) is 24.0. The first-order valence-electron chi connectivity index (χ1n) is 7.26. The average molecular weight is 367 g/mol. The van der Waals surface area contributed by atoms with Crippen LogP contribution in [0.2, 0.25) is 0 Å². The molecule has 1 aromatic heterocycles. The van der Waals surface area contributed by atoms with Gasteiger partial charge in [-0.1, -0.05) is 36.5 Å². The topological polar surface area (TPSA) is 85.5 Å². The maximum atomic E-state index is 11.1. The van der Waals surface area contributed by atoms with Crippen molar-refractivity contribution in [3.63, 3.8) is 0 Å². The minimum atomic E-state index is -0.949. The van der Waals surface area contributed by atoms with E-state index in [9.17, 15) is 10.1 Å². The lowest BCUT2D eigenvalue weighted by molar-refractivity contribution is 0.0697. The summed E-state index contributed by atoms with van der Waals surface area (Å²) in [5.74, 6) is -0.394. The van der Waals surface area contributed by atoms with Gasteiger partial charge in [-0.2, -0.15) is 5.26 Å². The zero-order chi connectivity index (χ0) is 17.8. The molecule has 3 rings (SSSR count). The van der Waals surface area contributed by atoms with Crippen molar-refractivity contribution in [2.75, 3.05) is 0 Å². The molecule has 0 saturated heterocycles. The van der Waals surface area contributed by atoms with Crippen LogP contribution in [0.5, 0.6) is 0 Å². The molecule has 0 bridgehead atoms. The smallest absolute Gasteiger partial charge is 0.335 e. The molecule has 25 heavy (non-hydrogen) atoms. The van der Waals surface area contributed by atoms with Crippen molar-refractivity contribution in [1.82, 2.24) is 5.32 Å². The molecule has 0 radical (unpaired) electrons. The van der Waals surface area contributed by atoms with Gasteiger partial charge in [0.2, 0.25) is 0 Å². The fraction of sp³-hybridized carbons (Fsp3) is 0.0556. The molecule has 0 amide bonds. The van der Waals surface area contributed by atoms with E-state index in [-0.39, 0.29) is 5.56 Å². The number of nitrogens with one attached hydrogen (secondary N) is 1. The van der Waals surface area contributed by atoms with E-state index in [1.807, 2.05) is 23.6 Å². The second-order valence-corrected chi connectivity index (χ2v) is 7.04. The molecule has 0 atom stereocenters. The van der Waals surface area contributed by atoms with Crippen molar-refractivity contribution in [2.24, 2.45) is 4.99 Å². The number of hydrogen-bond donors (Lipinski definition) is 2. The Balaban J connectivity index is 1.83. The van der Waals surface area contributed by atoms with Gasteiger partial charge in [0.05, 0.1) is 16.1 Å². The molecule has 1 aliphatic heterocycles. The molecule has 0 unspecified atom stereocenters. The number of nitriles is 1. The van der Waals surface area contributed by atoms with Gasteiger partial charge in [0.1, 0.15) is 17.3 Å². The van der Waals surface area contributed by atoms with Crippen molar-refractivity contribution >= 4 is 39.9 Å². The highest BCUT2D eigenvalue weighted by Gasteiger charge is 2.20. The fourth-order valence-corrected chi connectivity index (χ4v) is 3.80. The number of thiophene rings is 1. The standard InChI is InChI=1S/C18H13N3O2S2/c1-11-14(9-19)16(15-6-3-7-24-15)21-18(20-11)25-10-12-4-2-5-13(8-12)17(22)23/h2-8H,1,10H2,(H,20,21)(H,22,23). The molecule has 1 aliphatic rings. The first-order chi connectivity index (χ1) is 12.1. The Bertz CT molecular complexity index is 937. The minimum absolute atomic E-state index is 0.256. The molecule has 0 aliphatic carbocycles. The summed E-state index contributed by atoms with van der Waals surface area (Å²) in [5.41, 5.74) is 2.70. The van der Waals surface area contributed by atoms with Gasteiger partial charge in [-0.15, -0.1) is 11.3 Å². The van der Waals surface area contributed by atoms with E-state index < -0.39 is 5.97 Å². The largest absolute Gasteiger partial charge is 0.478 e. The van der Waals surface area contributed by atoms with Crippen LogP contribution >= 0.6 is 23.1 Å². The maximum absolute atomic E-state index is 11.1. The monoisotopic (exact) mass is 367 g/mol. The fourth-order valence-electron chi connectivity index (χ4n) is 2.25. The lowest BCUT2D eigenvalue weighted by atomic mass is 10.1. The molecule has 7 heteroatoms. The quantitative estimate of drug-likeness (QED) is 0.850. The normalized spacial score (nSPS) is 13.9. The van der Waals surface area contributed by atoms with Crippen molar-refractivity contribution in [3.05, 3.63) is 75.6 Å². The van der Waals surface area contributed by atoms with Gasteiger partial charge < -0.3 is 10.4 Å². The van der Waals surface area contributed by atoms with E-state index in [4.69, 9.17) is 5.11 Å². The lowest BCUT2D eigenvalue weighted by Gasteiger charge is -2.18. The van der Waals surface area contributed by atoms with Crippen LogP contribution in [-0.2, 0) is 5.75 Å². The first kappa shape index (κ1) is 17.0. The second-order valence-electron chi connectivity index (χ2n) is 5.13. The third-order valence-corrected chi connectivity index (χ3v) is 5.25. The van der Waals surface area contributed by atoms with Gasteiger partial charge in [0.15, 0.2) is 5.17 Å². The van der Waals surface area contributed by atoms with Crippen LogP contribution in [0.25, 0.3) is 5.70 Å². The highest BCUT2D eigenvalue weighted by molar-refractivity contribution is 8.13. The Morgan fingerprint density at radius 2 is 2.24 bits per heavy atom. The minimum Gasteiger partial charge on any atom is -0.478 e. The molecule has 0 fully saturated rings. The van der Waals surface area contributed by atoms with E-state index in [2.05, 4.69) is 23.0 Å². The summed E-state index contributed by atoms with van der Waals surface area (Å²) >= 11 is 2.95.